The molecule has 0 fully saturated rings. The van der Waals surface area contributed by atoms with E-state index in [1.54, 1.807) is 0 Å². The molecule has 3 nitrogen and oxygen atoms in total. The number of terminal acetylenes is 1. The lowest BCUT2D eigenvalue weighted by molar-refractivity contribution is -0.122. The van der Waals surface area contributed by atoms with Gasteiger partial charge in [-0.3, -0.25) is 9.69 Å². The van der Waals surface area contributed by atoms with Gasteiger partial charge in [-0.05, 0) is 33.9 Å². The molecular weight excluding hydrogens is 176 g/mol. The molecule has 1 amide bonds. The number of nitrogens with zero attached hydrogens (tertiary/aromatic N) is 1. The molecule has 0 aromatic rings. The minimum atomic E-state index is 0.0724. The summed E-state index contributed by atoms with van der Waals surface area (Å²) in [4.78, 5) is 13.3. The van der Waals surface area contributed by atoms with E-state index in [0.717, 1.165) is 19.4 Å². The van der Waals surface area contributed by atoms with Gasteiger partial charge in [0.25, 0.3) is 0 Å². The Bertz CT molecular complexity index is 206. The molecule has 14 heavy (non-hydrogen) atoms. The first-order valence-electron chi connectivity index (χ1n) is 4.97. The summed E-state index contributed by atoms with van der Waals surface area (Å²) in [5.41, 5.74) is 0. The van der Waals surface area contributed by atoms with Crippen LogP contribution < -0.4 is 5.32 Å². The van der Waals surface area contributed by atoms with Crippen LogP contribution in [0.3, 0.4) is 0 Å². The third kappa shape index (κ3) is 7.63. The molecule has 0 saturated carbocycles. The zero-order valence-electron chi connectivity index (χ0n) is 9.34. The zero-order chi connectivity index (χ0) is 11.0. The van der Waals surface area contributed by atoms with Crippen LogP contribution in [0.25, 0.3) is 0 Å². The Morgan fingerprint density at radius 1 is 1.57 bits per heavy atom. The third-order valence-corrected chi connectivity index (χ3v) is 1.72. The van der Waals surface area contributed by atoms with Crippen LogP contribution in [-0.4, -0.2) is 37.0 Å². The Morgan fingerprint density at radius 3 is 2.71 bits per heavy atom. The van der Waals surface area contributed by atoms with E-state index in [1.807, 2.05) is 25.8 Å². The molecule has 0 unspecified atom stereocenters. The normalized spacial score (nSPS) is 10.3. The second-order valence-electron chi connectivity index (χ2n) is 3.77. The number of unbranched alkanes of at least 4 members (excludes halogenated alkanes) is 1. The number of likely N-dealkylation sites (N-methyl/N-ethyl adjacent to an activating group) is 1. The van der Waals surface area contributed by atoms with Crippen molar-refractivity contribution in [3.63, 3.8) is 0 Å². The smallest absolute Gasteiger partial charge is 0.234 e. The Labute approximate surface area is 86.9 Å². The summed E-state index contributed by atoms with van der Waals surface area (Å²) in [5, 5.41) is 2.84. The zero-order valence-corrected chi connectivity index (χ0v) is 9.34. The molecule has 0 spiro atoms. The lowest BCUT2D eigenvalue weighted by Crippen LogP contribution is -2.38. The van der Waals surface area contributed by atoms with Crippen LogP contribution >= 0.6 is 0 Å². The van der Waals surface area contributed by atoms with Gasteiger partial charge >= 0.3 is 0 Å². The van der Waals surface area contributed by atoms with Crippen LogP contribution in [-0.2, 0) is 4.79 Å². The SMILES string of the molecule is C#CCCCN(C)CC(=O)NC(C)C. The number of nitrogens with one attached hydrogen (secondary N) is 1. The van der Waals surface area contributed by atoms with Crippen LogP contribution in [0.2, 0.25) is 0 Å². The standard InChI is InChI=1S/C11H20N2O/c1-5-6-7-8-13(4)9-11(14)12-10(2)3/h1,10H,6-9H2,2-4H3,(H,12,14). The number of rotatable bonds is 6. The van der Waals surface area contributed by atoms with Crippen molar-refractivity contribution in [3.05, 3.63) is 0 Å². The van der Waals surface area contributed by atoms with E-state index in [1.165, 1.54) is 0 Å². The second-order valence-corrected chi connectivity index (χ2v) is 3.77. The monoisotopic (exact) mass is 196 g/mol. The summed E-state index contributed by atoms with van der Waals surface area (Å²) >= 11 is 0. The fraction of sp³-hybridized carbons (Fsp3) is 0.727. The Morgan fingerprint density at radius 2 is 2.21 bits per heavy atom. The van der Waals surface area contributed by atoms with Gasteiger partial charge in [0.05, 0.1) is 6.54 Å². The first-order valence-corrected chi connectivity index (χ1v) is 4.97. The van der Waals surface area contributed by atoms with E-state index in [0.29, 0.717) is 6.54 Å². The van der Waals surface area contributed by atoms with E-state index in [4.69, 9.17) is 6.42 Å². The summed E-state index contributed by atoms with van der Waals surface area (Å²) in [6, 6.07) is 0.210. The maximum Gasteiger partial charge on any atom is 0.234 e. The van der Waals surface area contributed by atoms with Crippen molar-refractivity contribution >= 4 is 5.91 Å². The summed E-state index contributed by atoms with van der Waals surface area (Å²) < 4.78 is 0. The maximum atomic E-state index is 11.3. The average Bonchev–Trinajstić information content (AvgIpc) is 2.02. The van der Waals surface area contributed by atoms with Gasteiger partial charge in [0, 0.05) is 12.5 Å². The van der Waals surface area contributed by atoms with E-state index in [2.05, 4.69) is 11.2 Å². The van der Waals surface area contributed by atoms with Crippen LogP contribution in [0.15, 0.2) is 0 Å². The van der Waals surface area contributed by atoms with Gasteiger partial charge in [0.15, 0.2) is 0 Å². The van der Waals surface area contributed by atoms with Crippen LogP contribution in [0.5, 0.6) is 0 Å². The molecule has 0 radical (unpaired) electrons. The Balaban J connectivity index is 3.56. The van der Waals surface area contributed by atoms with Crippen LogP contribution in [0, 0.1) is 12.3 Å². The molecule has 0 rings (SSSR count). The predicted molar refractivity (Wildman–Crippen MR) is 58.8 cm³/mol. The van der Waals surface area contributed by atoms with E-state index in [9.17, 15) is 4.79 Å². The number of carbonyl (C=O) groups is 1. The maximum absolute atomic E-state index is 11.3. The summed E-state index contributed by atoms with van der Waals surface area (Å²) in [6.07, 6.45) is 6.85. The molecule has 0 aromatic carbocycles. The number of hydrogen-bond donors (Lipinski definition) is 1. The molecule has 0 aliphatic carbocycles. The number of hydrogen-bond acceptors (Lipinski definition) is 2. The summed E-state index contributed by atoms with van der Waals surface area (Å²) in [6.45, 7) is 5.23. The van der Waals surface area contributed by atoms with Gasteiger partial charge in [-0.25, -0.2) is 0 Å². The molecular formula is C11H20N2O. The third-order valence-electron chi connectivity index (χ3n) is 1.72. The van der Waals surface area contributed by atoms with Crippen LogP contribution in [0.1, 0.15) is 26.7 Å². The first-order chi connectivity index (χ1) is 6.56. The molecule has 0 aliphatic heterocycles. The largest absolute Gasteiger partial charge is 0.353 e. The first kappa shape index (κ1) is 13.0. The highest BCUT2D eigenvalue weighted by Crippen LogP contribution is 1.91. The van der Waals surface area contributed by atoms with Crippen molar-refractivity contribution in [2.75, 3.05) is 20.1 Å². The molecule has 3 heteroatoms. The van der Waals surface area contributed by atoms with Gasteiger partial charge in [0.1, 0.15) is 0 Å². The van der Waals surface area contributed by atoms with Crippen molar-refractivity contribution in [2.45, 2.75) is 32.7 Å². The molecule has 0 aromatic heterocycles. The summed E-state index contributed by atoms with van der Waals surface area (Å²) in [7, 11) is 1.93. The molecule has 80 valence electrons. The highest BCUT2D eigenvalue weighted by atomic mass is 16.2. The lowest BCUT2D eigenvalue weighted by Gasteiger charge is -2.16. The molecule has 0 saturated heterocycles. The highest BCUT2D eigenvalue weighted by molar-refractivity contribution is 5.78. The van der Waals surface area contributed by atoms with Gasteiger partial charge in [0.2, 0.25) is 5.91 Å². The molecule has 0 atom stereocenters. The predicted octanol–water partition coefficient (Wildman–Crippen LogP) is 0.856. The molecule has 0 aliphatic rings. The summed E-state index contributed by atoms with van der Waals surface area (Å²) in [5.74, 6) is 2.65. The second kappa shape index (κ2) is 7.40. The topological polar surface area (TPSA) is 32.3 Å². The van der Waals surface area contributed by atoms with Crippen molar-refractivity contribution < 1.29 is 4.79 Å². The number of amides is 1. The van der Waals surface area contributed by atoms with E-state index in [-0.39, 0.29) is 11.9 Å². The minimum absolute atomic E-state index is 0.0724. The average molecular weight is 196 g/mol. The van der Waals surface area contributed by atoms with Crippen molar-refractivity contribution in [1.82, 2.24) is 10.2 Å². The van der Waals surface area contributed by atoms with Crippen LogP contribution in [0.4, 0.5) is 0 Å². The van der Waals surface area contributed by atoms with Crippen molar-refractivity contribution in [1.29, 1.82) is 0 Å². The van der Waals surface area contributed by atoms with Gasteiger partial charge in [-0.2, -0.15) is 0 Å². The van der Waals surface area contributed by atoms with Crippen molar-refractivity contribution in [3.8, 4) is 12.3 Å². The Hall–Kier alpha value is -1.01. The molecule has 1 N–H and O–H groups in total. The number of carbonyl (C=O) groups excluding carboxylic acids is 1. The fourth-order valence-electron chi connectivity index (χ4n) is 1.14. The van der Waals surface area contributed by atoms with Gasteiger partial charge in [-0.15, -0.1) is 12.3 Å². The molecule has 0 bridgehead atoms. The Kier molecular flexibility index (Phi) is 6.87. The van der Waals surface area contributed by atoms with E-state index < -0.39 is 0 Å². The van der Waals surface area contributed by atoms with Crippen molar-refractivity contribution in [2.24, 2.45) is 0 Å². The fourth-order valence-corrected chi connectivity index (χ4v) is 1.14. The molecule has 0 heterocycles. The van der Waals surface area contributed by atoms with Gasteiger partial charge < -0.3 is 5.32 Å². The lowest BCUT2D eigenvalue weighted by atomic mass is 10.3. The van der Waals surface area contributed by atoms with E-state index >= 15 is 0 Å². The van der Waals surface area contributed by atoms with Gasteiger partial charge in [-0.1, -0.05) is 0 Å². The minimum Gasteiger partial charge on any atom is -0.353 e. The quantitative estimate of drug-likeness (QED) is 0.505. The highest BCUT2D eigenvalue weighted by Gasteiger charge is 2.06.